The number of benzene rings is 2. The minimum absolute atomic E-state index is 0.0397. The first-order chi connectivity index (χ1) is 12.1. The van der Waals surface area contributed by atoms with Gasteiger partial charge in [0.2, 0.25) is 0 Å². The normalized spacial score (nSPS) is 14.4. The molecule has 126 valence electrons. The Morgan fingerprint density at radius 1 is 1.12 bits per heavy atom. The number of allylic oxidation sites excluding steroid dienone is 1. The van der Waals surface area contributed by atoms with Crippen LogP contribution in [0.3, 0.4) is 0 Å². The van der Waals surface area contributed by atoms with Crippen molar-refractivity contribution in [3.63, 3.8) is 0 Å². The number of hydrogen-bond acceptors (Lipinski definition) is 3. The van der Waals surface area contributed by atoms with Crippen LogP contribution in [0.2, 0.25) is 5.02 Å². The van der Waals surface area contributed by atoms with Crippen LogP contribution in [0.25, 0.3) is 0 Å². The second-order valence-corrected chi connectivity index (χ2v) is 6.54. The molecule has 25 heavy (non-hydrogen) atoms. The SMILES string of the molecule is N#C/C(C(=O)Nc1ccc(Cc2ccc(Cl)cc2)cc1)=C(/O)C1CC1. The predicted octanol–water partition coefficient (Wildman–Crippen LogP) is 4.61. The van der Waals surface area contributed by atoms with Crippen LogP contribution >= 0.6 is 11.6 Å². The van der Waals surface area contributed by atoms with Gasteiger partial charge in [-0.3, -0.25) is 4.79 Å². The van der Waals surface area contributed by atoms with Crippen molar-refractivity contribution in [3.8, 4) is 6.07 Å². The number of amides is 1. The Morgan fingerprint density at radius 2 is 1.68 bits per heavy atom. The summed E-state index contributed by atoms with van der Waals surface area (Å²) in [7, 11) is 0. The summed E-state index contributed by atoms with van der Waals surface area (Å²) in [6.07, 6.45) is 2.41. The lowest BCUT2D eigenvalue weighted by molar-refractivity contribution is -0.112. The topological polar surface area (TPSA) is 73.1 Å². The average Bonchev–Trinajstić information content (AvgIpc) is 3.44. The highest BCUT2D eigenvalue weighted by atomic mass is 35.5. The first-order valence-corrected chi connectivity index (χ1v) is 8.42. The van der Waals surface area contributed by atoms with Crippen molar-refractivity contribution in [2.24, 2.45) is 5.92 Å². The number of carbonyl (C=O) groups is 1. The van der Waals surface area contributed by atoms with E-state index in [1.807, 2.05) is 36.4 Å². The summed E-state index contributed by atoms with van der Waals surface area (Å²) >= 11 is 5.88. The minimum Gasteiger partial charge on any atom is -0.510 e. The number of hydrogen-bond donors (Lipinski definition) is 2. The molecule has 0 spiro atoms. The molecule has 1 aliphatic carbocycles. The molecule has 1 amide bonds. The quantitative estimate of drug-likeness (QED) is 0.468. The van der Waals surface area contributed by atoms with Gasteiger partial charge in [-0.05, 0) is 54.7 Å². The maximum Gasteiger partial charge on any atom is 0.269 e. The lowest BCUT2D eigenvalue weighted by atomic mass is 10.0. The lowest BCUT2D eigenvalue weighted by Crippen LogP contribution is -2.16. The van der Waals surface area contributed by atoms with E-state index < -0.39 is 5.91 Å². The van der Waals surface area contributed by atoms with Gasteiger partial charge in [-0.15, -0.1) is 0 Å². The Balaban J connectivity index is 1.66. The van der Waals surface area contributed by atoms with E-state index in [4.69, 9.17) is 16.9 Å². The van der Waals surface area contributed by atoms with Crippen molar-refractivity contribution >= 4 is 23.2 Å². The van der Waals surface area contributed by atoms with Gasteiger partial charge < -0.3 is 10.4 Å². The summed E-state index contributed by atoms with van der Waals surface area (Å²) in [6, 6.07) is 16.9. The third-order valence-electron chi connectivity index (χ3n) is 4.09. The van der Waals surface area contributed by atoms with Crippen molar-refractivity contribution in [2.45, 2.75) is 19.3 Å². The molecule has 0 bridgehead atoms. The molecule has 0 unspecified atom stereocenters. The van der Waals surface area contributed by atoms with Gasteiger partial charge in [0.25, 0.3) is 5.91 Å². The number of nitriles is 1. The van der Waals surface area contributed by atoms with Crippen molar-refractivity contribution in [1.29, 1.82) is 5.26 Å². The monoisotopic (exact) mass is 352 g/mol. The summed E-state index contributed by atoms with van der Waals surface area (Å²) in [6.45, 7) is 0. The Morgan fingerprint density at radius 3 is 2.20 bits per heavy atom. The fourth-order valence-corrected chi connectivity index (χ4v) is 2.65. The van der Waals surface area contributed by atoms with Crippen LogP contribution in [0, 0.1) is 17.2 Å². The van der Waals surface area contributed by atoms with Gasteiger partial charge in [-0.2, -0.15) is 5.26 Å². The summed E-state index contributed by atoms with van der Waals surface area (Å²) in [4.78, 5) is 12.2. The van der Waals surface area contributed by atoms with E-state index in [1.54, 1.807) is 18.2 Å². The van der Waals surface area contributed by atoms with Gasteiger partial charge in [0, 0.05) is 16.6 Å². The first-order valence-electron chi connectivity index (χ1n) is 8.05. The molecule has 2 aromatic rings. The zero-order valence-electron chi connectivity index (χ0n) is 13.5. The van der Waals surface area contributed by atoms with Crippen LogP contribution in [-0.2, 0) is 11.2 Å². The number of carbonyl (C=O) groups excluding carboxylic acids is 1. The lowest BCUT2D eigenvalue weighted by Gasteiger charge is -2.07. The van der Waals surface area contributed by atoms with Gasteiger partial charge in [-0.25, -0.2) is 0 Å². The Labute approximate surface area is 151 Å². The Hall–Kier alpha value is -2.77. The number of aliphatic hydroxyl groups is 1. The number of rotatable bonds is 5. The maximum atomic E-state index is 12.2. The fraction of sp³-hybridized carbons (Fsp3) is 0.200. The molecular weight excluding hydrogens is 336 g/mol. The molecule has 1 saturated carbocycles. The molecular formula is C20H17ClN2O2. The molecule has 5 heteroatoms. The number of nitrogens with zero attached hydrogens (tertiary/aromatic N) is 1. The predicted molar refractivity (Wildman–Crippen MR) is 97.3 cm³/mol. The molecule has 0 saturated heterocycles. The summed E-state index contributed by atoms with van der Waals surface area (Å²) < 4.78 is 0. The summed E-state index contributed by atoms with van der Waals surface area (Å²) in [5.74, 6) is -0.709. The average molecular weight is 353 g/mol. The molecule has 0 atom stereocenters. The van der Waals surface area contributed by atoms with E-state index in [2.05, 4.69) is 5.32 Å². The first kappa shape index (κ1) is 17.1. The van der Waals surface area contributed by atoms with E-state index in [1.165, 1.54) is 0 Å². The fourth-order valence-electron chi connectivity index (χ4n) is 2.52. The van der Waals surface area contributed by atoms with E-state index >= 15 is 0 Å². The van der Waals surface area contributed by atoms with Gasteiger partial charge >= 0.3 is 0 Å². The smallest absolute Gasteiger partial charge is 0.269 e. The highest BCUT2D eigenvalue weighted by Crippen LogP contribution is 2.36. The highest BCUT2D eigenvalue weighted by molar-refractivity contribution is 6.30. The van der Waals surface area contributed by atoms with E-state index in [0.717, 1.165) is 30.4 Å². The molecule has 4 nitrogen and oxygen atoms in total. The highest BCUT2D eigenvalue weighted by Gasteiger charge is 2.30. The van der Waals surface area contributed by atoms with Gasteiger partial charge in [-0.1, -0.05) is 35.9 Å². The summed E-state index contributed by atoms with van der Waals surface area (Å²) in [5.41, 5.74) is 2.62. The number of aliphatic hydroxyl groups excluding tert-OH is 1. The summed E-state index contributed by atoms with van der Waals surface area (Å²) in [5, 5.41) is 22.4. The second-order valence-electron chi connectivity index (χ2n) is 6.10. The van der Waals surface area contributed by atoms with Gasteiger partial charge in [0.05, 0.1) is 0 Å². The molecule has 0 heterocycles. The molecule has 1 aliphatic rings. The second kappa shape index (κ2) is 7.42. The van der Waals surface area contributed by atoms with Crippen molar-refractivity contribution in [3.05, 3.63) is 76.0 Å². The number of halogens is 1. The minimum atomic E-state index is -0.572. The Kier molecular flexibility index (Phi) is 5.06. The van der Waals surface area contributed by atoms with Crippen molar-refractivity contribution in [1.82, 2.24) is 0 Å². The van der Waals surface area contributed by atoms with Crippen molar-refractivity contribution in [2.75, 3.05) is 5.32 Å². The van der Waals surface area contributed by atoms with Crippen LogP contribution in [0.15, 0.2) is 59.9 Å². The molecule has 2 aromatic carbocycles. The zero-order chi connectivity index (χ0) is 17.8. The van der Waals surface area contributed by atoms with E-state index in [-0.39, 0.29) is 17.3 Å². The van der Waals surface area contributed by atoms with Gasteiger partial charge in [0.1, 0.15) is 11.8 Å². The third-order valence-corrected chi connectivity index (χ3v) is 4.34. The molecule has 3 rings (SSSR count). The standard InChI is InChI=1S/C20H17ClN2O2/c21-16-7-1-13(2-8-16)11-14-3-9-17(10-4-14)23-20(25)18(12-22)19(24)15-5-6-15/h1-4,7-10,15,24H,5-6,11H2,(H,23,25)/b19-18-. The molecule has 0 aromatic heterocycles. The third kappa shape index (κ3) is 4.40. The molecule has 0 radical (unpaired) electrons. The van der Waals surface area contributed by atoms with Crippen molar-refractivity contribution < 1.29 is 9.90 Å². The number of nitrogens with one attached hydrogen (secondary N) is 1. The number of anilines is 1. The van der Waals surface area contributed by atoms with E-state index in [9.17, 15) is 9.90 Å². The van der Waals surface area contributed by atoms with Gasteiger partial charge in [0.15, 0.2) is 5.57 Å². The molecule has 2 N–H and O–H groups in total. The van der Waals surface area contributed by atoms with E-state index in [0.29, 0.717) is 10.7 Å². The largest absolute Gasteiger partial charge is 0.510 e. The molecule has 0 aliphatic heterocycles. The molecule has 1 fully saturated rings. The van der Waals surface area contributed by atoms with Crippen LogP contribution in [-0.4, -0.2) is 11.0 Å². The van der Waals surface area contributed by atoms with Crippen LogP contribution in [0.1, 0.15) is 24.0 Å². The van der Waals surface area contributed by atoms with Crippen LogP contribution in [0.4, 0.5) is 5.69 Å². The van der Waals surface area contributed by atoms with Crippen LogP contribution < -0.4 is 5.32 Å². The maximum absolute atomic E-state index is 12.2. The zero-order valence-corrected chi connectivity index (χ0v) is 14.3. The Bertz CT molecular complexity index is 845. The van der Waals surface area contributed by atoms with Crippen LogP contribution in [0.5, 0.6) is 0 Å².